The first kappa shape index (κ1) is 24.8. The number of amides is 2. The van der Waals surface area contributed by atoms with Crippen LogP contribution in [-0.2, 0) is 9.59 Å². The van der Waals surface area contributed by atoms with Gasteiger partial charge in [-0.05, 0) is 38.8 Å². The molecule has 0 aliphatic carbocycles. The zero-order valence-corrected chi connectivity index (χ0v) is 19.6. The summed E-state index contributed by atoms with van der Waals surface area (Å²) in [6.45, 7) is 8.57. The summed E-state index contributed by atoms with van der Waals surface area (Å²) in [7, 11) is 4.61. The van der Waals surface area contributed by atoms with Gasteiger partial charge in [0, 0.05) is 42.7 Å². The summed E-state index contributed by atoms with van der Waals surface area (Å²) in [5.74, 6) is 2.02. The molecule has 1 saturated heterocycles. The Morgan fingerprint density at radius 3 is 2.10 bits per heavy atom. The average Bonchev–Trinajstić information content (AvgIpc) is 2.77. The highest BCUT2D eigenvalue weighted by atomic mass is 16.5. The van der Waals surface area contributed by atoms with Crippen molar-refractivity contribution < 1.29 is 23.8 Å². The lowest BCUT2D eigenvalue weighted by molar-refractivity contribution is -0.127. The Hall–Kier alpha value is -2.48. The number of ether oxygens (including phenoxy) is 3. The number of hydrogen-bond donors (Lipinski definition) is 2. The maximum atomic E-state index is 12.5. The predicted octanol–water partition coefficient (Wildman–Crippen LogP) is 2.91. The van der Waals surface area contributed by atoms with Crippen LogP contribution in [0, 0.1) is 11.8 Å². The fourth-order valence-corrected chi connectivity index (χ4v) is 3.56. The summed E-state index contributed by atoms with van der Waals surface area (Å²) in [5.41, 5.74) is 0.592. The molecule has 2 rings (SSSR count). The summed E-state index contributed by atoms with van der Waals surface area (Å²) in [6.07, 6.45) is 2.02. The number of nitrogens with zero attached hydrogens (tertiary/aromatic N) is 1. The molecule has 0 aromatic heterocycles. The number of carbonyl (C=O) groups excluding carboxylic acids is 2. The van der Waals surface area contributed by atoms with Crippen molar-refractivity contribution in [3.05, 3.63) is 12.1 Å². The smallest absolute Gasteiger partial charge is 0.225 e. The van der Waals surface area contributed by atoms with Gasteiger partial charge in [0.25, 0.3) is 0 Å². The van der Waals surface area contributed by atoms with Gasteiger partial charge in [-0.15, -0.1) is 0 Å². The number of piperidine rings is 1. The van der Waals surface area contributed by atoms with Crippen LogP contribution in [0.1, 0.15) is 40.0 Å². The highest BCUT2D eigenvalue weighted by Crippen LogP contribution is 2.39. The minimum Gasteiger partial charge on any atom is -0.493 e. The predicted molar refractivity (Wildman–Crippen MR) is 121 cm³/mol. The molecule has 2 N–H and O–H groups in total. The van der Waals surface area contributed by atoms with E-state index in [1.165, 1.54) is 21.3 Å². The molecule has 1 aromatic rings. The van der Waals surface area contributed by atoms with Crippen molar-refractivity contribution in [2.24, 2.45) is 11.8 Å². The van der Waals surface area contributed by atoms with E-state index in [-0.39, 0.29) is 23.8 Å². The van der Waals surface area contributed by atoms with Gasteiger partial charge >= 0.3 is 0 Å². The molecule has 1 atom stereocenters. The first-order valence-electron chi connectivity index (χ1n) is 10.9. The molecule has 2 amide bonds. The van der Waals surface area contributed by atoms with Crippen LogP contribution in [0.4, 0.5) is 5.69 Å². The quantitative estimate of drug-likeness (QED) is 0.587. The van der Waals surface area contributed by atoms with E-state index in [1.807, 2.05) is 6.92 Å². The van der Waals surface area contributed by atoms with Crippen LogP contribution in [0.2, 0.25) is 0 Å². The highest BCUT2D eigenvalue weighted by Gasteiger charge is 2.26. The molecular formula is C23H37N3O5. The Kier molecular flexibility index (Phi) is 9.43. The van der Waals surface area contributed by atoms with Crippen LogP contribution in [0.25, 0.3) is 0 Å². The normalized spacial score (nSPS) is 16.0. The molecule has 0 saturated carbocycles. The first-order valence-corrected chi connectivity index (χ1v) is 10.9. The minimum absolute atomic E-state index is 0.0607. The van der Waals surface area contributed by atoms with Gasteiger partial charge in [0.2, 0.25) is 17.6 Å². The van der Waals surface area contributed by atoms with Crippen molar-refractivity contribution in [3.63, 3.8) is 0 Å². The number of carbonyl (C=O) groups is 2. The molecule has 8 heteroatoms. The monoisotopic (exact) mass is 435 g/mol. The molecule has 1 fully saturated rings. The Bertz CT molecular complexity index is 720. The van der Waals surface area contributed by atoms with Gasteiger partial charge < -0.3 is 29.7 Å². The van der Waals surface area contributed by atoms with Crippen molar-refractivity contribution >= 4 is 17.5 Å². The summed E-state index contributed by atoms with van der Waals surface area (Å²) in [4.78, 5) is 27.1. The lowest BCUT2D eigenvalue weighted by Gasteiger charge is -2.32. The first-order chi connectivity index (χ1) is 14.8. The molecule has 31 heavy (non-hydrogen) atoms. The molecular weight excluding hydrogens is 398 g/mol. The largest absolute Gasteiger partial charge is 0.493 e. The van der Waals surface area contributed by atoms with Gasteiger partial charge in [0.05, 0.1) is 21.3 Å². The summed E-state index contributed by atoms with van der Waals surface area (Å²) < 4.78 is 16.0. The third kappa shape index (κ3) is 7.02. The Morgan fingerprint density at radius 1 is 1.03 bits per heavy atom. The lowest BCUT2D eigenvalue weighted by atomic mass is 9.94. The molecule has 1 aliphatic rings. The number of likely N-dealkylation sites (tertiary alicyclic amines) is 1. The van der Waals surface area contributed by atoms with Crippen molar-refractivity contribution in [2.75, 3.05) is 46.3 Å². The van der Waals surface area contributed by atoms with Crippen LogP contribution >= 0.6 is 0 Å². The van der Waals surface area contributed by atoms with Gasteiger partial charge in [-0.3, -0.25) is 9.59 Å². The Balaban J connectivity index is 1.81. The maximum absolute atomic E-state index is 12.5. The van der Waals surface area contributed by atoms with E-state index in [4.69, 9.17) is 14.2 Å². The molecule has 8 nitrogen and oxygen atoms in total. The molecule has 1 aliphatic heterocycles. The zero-order chi connectivity index (χ0) is 23.0. The molecule has 0 bridgehead atoms. The van der Waals surface area contributed by atoms with Crippen molar-refractivity contribution in [3.8, 4) is 17.2 Å². The fraction of sp³-hybridized carbons (Fsp3) is 0.652. The minimum atomic E-state index is -0.0834. The second kappa shape index (κ2) is 11.8. The van der Waals surface area contributed by atoms with Crippen molar-refractivity contribution in [1.82, 2.24) is 10.2 Å². The van der Waals surface area contributed by atoms with E-state index in [0.29, 0.717) is 41.8 Å². The van der Waals surface area contributed by atoms with Gasteiger partial charge in [-0.2, -0.15) is 0 Å². The number of rotatable bonds is 10. The molecule has 174 valence electrons. The number of benzene rings is 1. The molecule has 1 heterocycles. The second-order valence-electron chi connectivity index (χ2n) is 8.37. The van der Waals surface area contributed by atoms with E-state index in [9.17, 15) is 9.59 Å². The molecule has 1 aromatic carbocycles. The third-order valence-corrected chi connectivity index (χ3v) is 5.93. The number of nitrogens with one attached hydrogen (secondary N) is 2. The van der Waals surface area contributed by atoms with Crippen LogP contribution in [0.15, 0.2) is 12.1 Å². The SMILES string of the molecule is COc1cc(NC(=O)CCN2CCC(C(=O)NC(C)C(C)C)CC2)cc(OC)c1OC. The Morgan fingerprint density at radius 2 is 1.61 bits per heavy atom. The van der Waals surface area contributed by atoms with Gasteiger partial charge in [-0.25, -0.2) is 0 Å². The van der Waals surface area contributed by atoms with E-state index in [0.717, 1.165) is 25.9 Å². The van der Waals surface area contributed by atoms with Gasteiger partial charge in [-0.1, -0.05) is 13.8 Å². The zero-order valence-electron chi connectivity index (χ0n) is 19.6. The van der Waals surface area contributed by atoms with Gasteiger partial charge in [0.1, 0.15) is 0 Å². The van der Waals surface area contributed by atoms with Crippen molar-refractivity contribution in [2.45, 2.75) is 46.1 Å². The summed E-state index contributed by atoms with van der Waals surface area (Å²) in [6, 6.07) is 3.60. The van der Waals surface area contributed by atoms with Crippen LogP contribution in [0.3, 0.4) is 0 Å². The van der Waals surface area contributed by atoms with Crippen molar-refractivity contribution in [1.29, 1.82) is 0 Å². The third-order valence-electron chi connectivity index (χ3n) is 5.93. The van der Waals surface area contributed by atoms with E-state index in [1.54, 1.807) is 12.1 Å². The second-order valence-corrected chi connectivity index (χ2v) is 8.37. The number of hydrogen-bond acceptors (Lipinski definition) is 6. The van der Waals surface area contributed by atoms with Crippen LogP contribution in [0.5, 0.6) is 17.2 Å². The standard InChI is InChI=1S/C23H37N3O5/c1-15(2)16(3)24-23(28)17-7-10-26(11-8-17)12-9-21(27)25-18-13-19(29-4)22(31-6)20(14-18)30-5/h13-17H,7-12H2,1-6H3,(H,24,28)(H,25,27). The van der Waals surface area contributed by atoms with E-state index in [2.05, 4.69) is 29.4 Å². The van der Waals surface area contributed by atoms with E-state index >= 15 is 0 Å². The Labute approximate surface area is 185 Å². The topological polar surface area (TPSA) is 89.1 Å². The maximum Gasteiger partial charge on any atom is 0.225 e. The summed E-state index contributed by atoms with van der Waals surface area (Å²) >= 11 is 0. The average molecular weight is 436 g/mol. The van der Waals surface area contributed by atoms with Crippen LogP contribution < -0.4 is 24.8 Å². The highest BCUT2D eigenvalue weighted by molar-refractivity contribution is 5.91. The fourth-order valence-electron chi connectivity index (χ4n) is 3.56. The molecule has 0 radical (unpaired) electrons. The molecule has 1 unspecified atom stereocenters. The van der Waals surface area contributed by atoms with E-state index < -0.39 is 0 Å². The van der Waals surface area contributed by atoms with Crippen LogP contribution in [-0.4, -0.2) is 63.7 Å². The summed E-state index contributed by atoms with van der Waals surface area (Å²) in [5, 5.41) is 6.01. The van der Waals surface area contributed by atoms with Gasteiger partial charge in [0.15, 0.2) is 11.5 Å². The number of methoxy groups -OCH3 is 3. The lowest BCUT2D eigenvalue weighted by Crippen LogP contribution is -2.44. The number of anilines is 1. The molecule has 0 spiro atoms.